The van der Waals surface area contributed by atoms with Crippen LogP contribution in [0.15, 0.2) is 18.3 Å². The number of carbonyl (C=O) groups is 1. The Morgan fingerprint density at radius 1 is 1.62 bits per heavy atom. The minimum Gasteiger partial charge on any atom is -0.325 e. The fraction of sp³-hybridized carbons (Fsp3) is 0.400. The van der Waals surface area contributed by atoms with Crippen LogP contribution in [-0.4, -0.2) is 10.8 Å². The third-order valence-corrected chi connectivity index (χ3v) is 1.82. The number of aromatic nitrogens is 1. The number of ketones is 1. The Kier molecular flexibility index (Phi) is 3.58. The van der Waals surface area contributed by atoms with E-state index in [4.69, 9.17) is 5.73 Å². The van der Waals surface area contributed by atoms with E-state index in [2.05, 4.69) is 4.98 Å². The van der Waals surface area contributed by atoms with Crippen LogP contribution in [-0.2, 0) is 6.54 Å². The Hall–Kier alpha value is -1.22. The van der Waals surface area contributed by atoms with E-state index in [0.29, 0.717) is 13.0 Å². The van der Waals surface area contributed by atoms with Crippen molar-refractivity contribution in [2.75, 3.05) is 0 Å². The van der Waals surface area contributed by atoms with E-state index < -0.39 is 0 Å². The molecule has 0 spiro atoms. The van der Waals surface area contributed by atoms with Gasteiger partial charge in [0.05, 0.1) is 5.69 Å². The molecule has 0 aliphatic rings. The maximum atomic E-state index is 11.4. The Morgan fingerprint density at radius 3 is 3.00 bits per heavy atom. The smallest absolute Gasteiger partial charge is 0.162 e. The summed E-state index contributed by atoms with van der Waals surface area (Å²) in [4.78, 5) is 15.5. The summed E-state index contributed by atoms with van der Waals surface area (Å²) in [6.45, 7) is 2.37. The summed E-state index contributed by atoms with van der Waals surface area (Å²) in [5, 5.41) is 0. The molecule has 1 aromatic heterocycles. The maximum Gasteiger partial charge on any atom is 0.162 e. The van der Waals surface area contributed by atoms with Crippen molar-refractivity contribution in [3.05, 3.63) is 29.6 Å². The van der Waals surface area contributed by atoms with Gasteiger partial charge in [-0.15, -0.1) is 0 Å². The van der Waals surface area contributed by atoms with Crippen LogP contribution in [0.25, 0.3) is 0 Å². The van der Waals surface area contributed by atoms with Crippen LogP contribution >= 0.6 is 0 Å². The van der Waals surface area contributed by atoms with Crippen molar-refractivity contribution in [3.8, 4) is 0 Å². The molecular formula is C10H14N2O. The molecule has 0 saturated heterocycles. The van der Waals surface area contributed by atoms with Crippen molar-refractivity contribution in [2.24, 2.45) is 5.73 Å². The van der Waals surface area contributed by atoms with Gasteiger partial charge in [-0.25, -0.2) is 0 Å². The molecule has 13 heavy (non-hydrogen) atoms. The second-order valence-corrected chi connectivity index (χ2v) is 2.91. The molecule has 1 aromatic rings. The van der Waals surface area contributed by atoms with Gasteiger partial charge in [-0.2, -0.15) is 0 Å². The molecule has 0 radical (unpaired) electrons. The third kappa shape index (κ3) is 2.63. The Bertz CT molecular complexity index is 297. The number of nitrogens with zero attached hydrogens (tertiary/aromatic N) is 1. The topological polar surface area (TPSA) is 56.0 Å². The van der Waals surface area contributed by atoms with Crippen molar-refractivity contribution in [1.82, 2.24) is 4.98 Å². The molecule has 0 aliphatic carbocycles. The highest BCUT2D eigenvalue weighted by atomic mass is 16.1. The number of rotatable bonds is 4. The lowest BCUT2D eigenvalue weighted by molar-refractivity contribution is 0.0981. The molecule has 70 valence electrons. The quantitative estimate of drug-likeness (QED) is 0.711. The lowest BCUT2D eigenvalue weighted by Gasteiger charge is -2.00. The minimum atomic E-state index is 0.166. The normalized spacial score (nSPS) is 10.0. The molecule has 0 aliphatic heterocycles. The van der Waals surface area contributed by atoms with Gasteiger partial charge in [0.25, 0.3) is 0 Å². The molecule has 1 heterocycles. The van der Waals surface area contributed by atoms with Gasteiger partial charge < -0.3 is 5.73 Å². The van der Waals surface area contributed by atoms with Crippen LogP contribution in [0, 0.1) is 0 Å². The van der Waals surface area contributed by atoms with Crippen molar-refractivity contribution in [3.63, 3.8) is 0 Å². The highest BCUT2D eigenvalue weighted by molar-refractivity contribution is 5.95. The van der Waals surface area contributed by atoms with Crippen molar-refractivity contribution in [1.29, 1.82) is 0 Å². The maximum absolute atomic E-state index is 11.4. The summed E-state index contributed by atoms with van der Waals surface area (Å²) in [7, 11) is 0. The second-order valence-electron chi connectivity index (χ2n) is 2.91. The fourth-order valence-electron chi connectivity index (χ4n) is 1.13. The van der Waals surface area contributed by atoms with Gasteiger partial charge in [0, 0.05) is 24.7 Å². The third-order valence-electron chi connectivity index (χ3n) is 1.82. The first-order valence-electron chi connectivity index (χ1n) is 4.46. The summed E-state index contributed by atoms with van der Waals surface area (Å²) in [5.41, 5.74) is 6.90. The molecular weight excluding hydrogens is 164 g/mol. The Balaban J connectivity index is 2.82. The number of hydrogen-bond acceptors (Lipinski definition) is 3. The fourth-order valence-corrected chi connectivity index (χ4v) is 1.13. The molecule has 0 aromatic carbocycles. The van der Waals surface area contributed by atoms with Gasteiger partial charge in [0.2, 0.25) is 0 Å². The molecule has 0 fully saturated rings. The van der Waals surface area contributed by atoms with E-state index in [9.17, 15) is 4.79 Å². The minimum absolute atomic E-state index is 0.166. The number of nitrogens with two attached hydrogens (primary N) is 1. The summed E-state index contributed by atoms with van der Waals surface area (Å²) in [6, 6.07) is 3.50. The molecule has 1 rings (SSSR count). The van der Waals surface area contributed by atoms with Crippen LogP contribution in [0.4, 0.5) is 0 Å². The summed E-state index contributed by atoms with van der Waals surface area (Å²) in [6.07, 6.45) is 3.10. The number of Topliss-reactive ketones (excluding diaryl/α,β-unsaturated/α-hetero) is 1. The van der Waals surface area contributed by atoms with Crippen LogP contribution in [0.1, 0.15) is 35.8 Å². The van der Waals surface area contributed by atoms with Crippen LogP contribution in [0.5, 0.6) is 0 Å². The summed E-state index contributed by atoms with van der Waals surface area (Å²) < 4.78 is 0. The molecule has 3 heteroatoms. The van der Waals surface area contributed by atoms with Gasteiger partial charge >= 0.3 is 0 Å². The largest absolute Gasteiger partial charge is 0.325 e. The predicted octanol–water partition coefficient (Wildman–Crippen LogP) is 1.52. The van der Waals surface area contributed by atoms with E-state index in [1.54, 1.807) is 18.3 Å². The number of hydrogen-bond donors (Lipinski definition) is 1. The zero-order valence-electron chi connectivity index (χ0n) is 7.79. The second kappa shape index (κ2) is 4.72. The SMILES string of the molecule is CCCC(=O)c1ccnc(CN)c1. The van der Waals surface area contributed by atoms with Gasteiger partial charge in [0.1, 0.15) is 0 Å². The molecule has 3 nitrogen and oxygen atoms in total. The first kappa shape index (κ1) is 9.86. The molecule has 0 saturated carbocycles. The van der Waals surface area contributed by atoms with Gasteiger partial charge in [0.15, 0.2) is 5.78 Å². The van der Waals surface area contributed by atoms with Crippen LogP contribution < -0.4 is 5.73 Å². The number of pyridine rings is 1. The summed E-state index contributed by atoms with van der Waals surface area (Å²) >= 11 is 0. The van der Waals surface area contributed by atoms with Crippen molar-refractivity contribution < 1.29 is 4.79 Å². The van der Waals surface area contributed by atoms with Gasteiger partial charge in [-0.1, -0.05) is 6.92 Å². The standard InChI is InChI=1S/C10H14N2O/c1-2-3-10(13)8-4-5-12-9(6-8)7-11/h4-6H,2-3,7,11H2,1H3. The first-order chi connectivity index (χ1) is 6.27. The zero-order valence-corrected chi connectivity index (χ0v) is 7.79. The lowest BCUT2D eigenvalue weighted by Crippen LogP contribution is -2.03. The van der Waals surface area contributed by atoms with Gasteiger partial charge in [-0.05, 0) is 18.6 Å². The van der Waals surface area contributed by atoms with Crippen LogP contribution in [0.3, 0.4) is 0 Å². The average Bonchev–Trinajstić information content (AvgIpc) is 2.18. The van der Waals surface area contributed by atoms with Gasteiger partial charge in [-0.3, -0.25) is 9.78 Å². The lowest BCUT2D eigenvalue weighted by atomic mass is 10.1. The molecule has 2 N–H and O–H groups in total. The first-order valence-corrected chi connectivity index (χ1v) is 4.46. The monoisotopic (exact) mass is 178 g/mol. The Morgan fingerprint density at radius 2 is 2.38 bits per heavy atom. The average molecular weight is 178 g/mol. The van der Waals surface area contributed by atoms with E-state index in [0.717, 1.165) is 17.7 Å². The van der Waals surface area contributed by atoms with E-state index in [1.807, 2.05) is 6.92 Å². The molecule has 0 atom stereocenters. The highest BCUT2D eigenvalue weighted by Gasteiger charge is 2.04. The highest BCUT2D eigenvalue weighted by Crippen LogP contribution is 2.06. The van der Waals surface area contributed by atoms with E-state index >= 15 is 0 Å². The molecule has 0 bridgehead atoms. The Labute approximate surface area is 78.0 Å². The van der Waals surface area contributed by atoms with Crippen LogP contribution in [0.2, 0.25) is 0 Å². The summed E-state index contributed by atoms with van der Waals surface area (Å²) in [5.74, 6) is 0.166. The van der Waals surface area contributed by atoms with Crippen molar-refractivity contribution in [2.45, 2.75) is 26.3 Å². The zero-order chi connectivity index (χ0) is 9.68. The van der Waals surface area contributed by atoms with E-state index in [-0.39, 0.29) is 5.78 Å². The van der Waals surface area contributed by atoms with E-state index in [1.165, 1.54) is 0 Å². The predicted molar refractivity (Wildman–Crippen MR) is 51.4 cm³/mol. The number of carbonyl (C=O) groups excluding carboxylic acids is 1. The van der Waals surface area contributed by atoms with Crippen molar-refractivity contribution >= 4 is 5.78 Å². The molecule has 0 amide bonds. The molecule has 0 unspecified atom stereocenters.